The van der Waals surface area contributed by atoms with E-state index in [9.17, 15) is 0 Å². The van der Waals surface area contributed by atoms with Gasteiger partial charge in [-0.2, -0.15) is 0 Å². The van der Waals surface area contributed by atoms with E-state index in [4.69, 9.17) is 0 Å². The van der Waals surface area contributed by atoms with Crippen molar-refractivity contribution in [3.63, 3.8) is 0 Å². The van der Waals surface area contributed by atoms with Crippen molar-refractivity contribution in [3.05, 3.63) is 59.7 Å². The van der Waals surface area contributed by atoms with Gasteiger partial charge in [0.05, 0.1) is 0 Å². The predicted octanol–water partition coefficient (Wildman–Crippen LogP) is 4.45. The highest BCUT2D eigenvalue weighted by atomic mass is 79.9. The summed E-state index contributed by atoms with van der Waals surface area (Å²) in [5.41, 5.74) is 5.36. The van der Waals surface area contributed by atoms with Crippen LogP contribution in [0.1, 0.15) is 16.0 Å². The molecule has 0 aliphatic carbocycles. The zero-order valence-electron chi connectivity index (χ0n) is 9.73. The van der Waals surface area contributed by atoms with E-state index >= 15 is 0 Å². The van der Waals surface area contributed by atoms with Crippen LogP contribution >= 0.6 is 15.9 Å². The van der Waals surface area contributed by atoms with Gasteiger partial charge in [0.2, 0.25) is 0 Å². The van der Waals surface area contributed by atoms with Crippen LogP contribution in [0.3, 0.4) is 0 Å². The molecule has 1 aliphatic rings. The quantitative estimate of drug-likeness (QED) is 0.647. The number of hydrogen-bond donors (Lipinski definition) is 0. The Morgan fingerprint density at radius 3 is 2.47 bits per heavy atom. The van der Waals surface area contributed by atoms with Crippen LogP contribution in [-0.4, -0.2) is 7.05 Å². The fourth-order valence-electron chi connectivity index (χ4n) is 2.50. The molecular weight excluding hydrogens is 274 g/mol. The van der Waals surface area contributed by atoms with E-state index in [-0.39, 0.29) is 0 Å². The Balaban J connectivity index is 2.22. The molecule has 0 bridgehead atoms. The minimum Gasteiger partial charge on any atom is -0.344 e. The molecule has 2 heteroatoms. The van der Waals surface area contributed by atoms with Crippen LogP contribution in [0.25, 0.3) is 0 Å². The first-order chi connectivity index (χ1) is 8.27. The molecule has 0 N–H and O–H groups in total. The molecule has 1 heterocycles. The molecule has 1 atom stereocenters. The van der Waals surface area contributed by atoms with Crippen molar-refractivity contribution in [1.82, 2.24) is 0 Å². The van der Waals surface area contributed by atoms with Crippen LogP contribution in [0, 0.1) is 0 Å². The molecule has 0 aromatic heterocycles. The van der Waals surface area contributed by atoms with Crippen molar-refractivity contribution in [2.45, 2.75) is 11.2 Å². The molecule has 86 valence electrons. The molecule has 3 rings (SSSR count). The second-order valence-electron chi connectivity index (χ2n) is 4.42. The summed E-state index contributed by atoms with van der Waals surface area (Å²) in [6.45, 7) is 0. The number of halogens is 1. The van der Waals surface area contributed by atoms with Gasteiger partial charge in [0.1, 0.15) is 0 Å². The molecule has 0 saturated heterocycles. The van der Waals surface area contributed by atoms with E-state index in [2.05, 4.69) is 76.4 Å². The van der Waals surface area contributed by atoms with Crippen LogP contribution in [-0.2, 0) is 6.42 Å². The van der Waals surface area contributed by atoms with Crippen molar-refractivity contribution < 1.29 is 0 Å². The normalized spacial score (nSPS) is 18.2. The molecule has 17 heavy (non-hydrogen) atoms. The fourth-order valence-corrected chi connectivity index (χ4v) is 3.24. The number of anilines is 2. The first kappa shape index (κ1) is 10.8. The molecule has 2 aromatic carbocycles. The minimum absolute atomic E-state index is 0.393. The van der Waals surface area contributed by atoms with Crippen molar-refractivity contribution in [2.75, 3.05) is 11.9 Å². The van der Waals surface area contributed by atoms with Gasteiger partial charge < -0.3 is 4.90 Å². The molecule has 0 amide bonds. The van der Waals surface area contributed by atoms with E-state index < -0.39 is 0 Å². The Labute approximate surface area is 110 Å². The molecule has 1 nitrogen and oxygen atoms in total. The third-order valence-corrected chi connectivity index (χ3v) is 4.20. The highest BCUT2D eigenvalue weighted by molar-refractivity contribution is 9.09. The number of hydrogen-bond acceptors (Lipinski definition) is 1. The number of rotatable bonds is 0. The number of benzene rings is 2. The summed E-state index contributed by atoms with van der Waals surface area (Å²) < 4.78 is 0. The summed E-state index contributed by atoms with van der Waals surface area (Å²) in [7, 11) is 2.14. The summed E-state index contributed by atoms with van der Waals surface area (Å²) in [4.78, 5) is 2.68. The largest absolute Gasteiger partial charge is 0.344 e. The number of para-hydroxylation sites is 2. The summed E-state index contributed by atoms with van der Waals surface area (Å²) in [5, 5.41) is 0. The lowest BCUT2D eigenvalue weighted by Gasteiger charge is -2.21. The Kier molecular flexibility index (Phi) is 2.67. The van der Waals surface area contributed by atoms with Gasteiger partial charge in [-0.25, -0.2) is 0 Å². The van der Waals surface area contributed by atoms with Crippen molar-refractivity contribution in [3.8, 4) is 0 Å². The van der Waals surface area contributed by atoms with Gasteiger partial charge in [-0.3, -0.25) is 0 Å². The monoisotopic (exact) mass is 287 g/mol. The molecule has 1 unspecified atom stereocenters. The molecule has 1 aliphatic heterocycles. The van der Waals surface area contributed by atoms with Gasteiger partial charge in [0.25, 0.3) is 0 Å². The average Bonchev–Trinajstić information content (AvgIpc) is 2.48. The maximum Gasteiger partial charge on any atom is 0.0456 e. The lowest BCUT2D eigenvalue weighted by molar-refractivity contribution is 0.966. The van der Waals surface area contributed by atoms with Gasteiger partial charge in [0, 0.05) is 23.2 Å². The zero-order chi connectivity index (χ0) is 11.8. The SMILES string of the molecule is CN1c2ccccc2CC(Br)c2ccccc21. The third-order valence-electron chi connectivity index (χ3n) is 3.39. The summed E-state index contributed by atoms with van der Waals surface area (Å²) in [6.07, 6.45) is 1.04. The molecule has 0 saturated carbocycles. The summed E-state index contributed by atoms with van der Waals surface area (Å²) in [6, 6.07) is 17.2. The van der Waals surface area contributed by atoms with Crippen LogP contribution < -0.4 is 4.90 Å². The molecule has 2 aromatic rings. The molecule has 0 spiro atoms. The van der Waals surface area contributed by atoms with Crippen LogP contribution in [0.2, 0.25) is 0 Å². The highest BCUT2D eigenvalue weighted by Crippen LogP contribution is 2.42. The van der Waals surface area contributed by atoms with Crippen molar-refractivity contribution in [2.24, 2.45) is 0 Å². The van der Waals surface area contributed by atoms with Crippen LogP contribution in [0.4, 0.5) is 11.4 Å². The Morgan fingerprint density at radius 1 is 1.00 bits per heavy atom. The van der Waals surface area contributed by atoms with E-state index in [1.807, 2.05) is 0 Å². The summed E-state index contributed by atoms with van der Waals surface area (Å²) in [5.74, 6) is 0. The standard InChI is InChI=1S/C15H14BrN/c1-17-14-8-4-2-6-11(14)10-13(16)12-7-3-5-9-15(12)17/h2-9,13H,10H2,1H3. The Bertz CT molecular complexity index is 550. The van der Waals surface area contributed by atoms with Gasteiger partial charge in [-0.1, -0.05) is 52.3 Å². The maximum atomic E-state index is 3.81. The zero-order valence-corrected chi connectivity index (χ0v) is 11.3. The average molecular weight is 288 g/mol. The Morgan fingerprint density at radius 2 is 1.65 bits per heavy atom. The number of fused-ring (bicyclic) bond motifs is 2. The van der Waals surface area contributed by atoms with E-state index in [0.29, 0.717) is 4.83 Å². The first-order valence-electron chi connectivity index (χ1n) is 5.82. The lowest BCUT2D eigenvalue weighted by Crippen LogP contribution is -2.10. The fraction of sp³-hybridized carbons (Fsp3) is 0.200. The van der Waals surface area contributed by atoms with Crippen LogP contribution in [0.15, 0.2) is 48.5 Å². The third kappa shape index (κ3) is 1.77. The molecule has 0 fully saturated rings. The Hall–Kier alpha value is -1.28. The van der Waals surface area contributed by atoms with Gasteiger partial charge in [0.15, 0.2) is 0 Å². The summed E-state index contributed by atoms with van der Waals surface area (Å²) >= 11 is 3.81. The van der Waals surface area contributed by atoms with E-state index in [1.54, 1.807) is 0 Å². The van der Waals surface area contributed by atoms with Crippen molar-refractivity contribution >= 4 is 27.3 Å². The topological polar surface area (TPSA) is 3.24 Å². The van der Waals surface area contributed by atoms with E-state index in [0.717, 1.165) is 6.42 Å². The van der Waals surface area contributed by atoms with Gasteiger partial charge >= 0.3 is 0 Å². The van der Waals surface area contributed by atoms with Gasteiger partial charge in [-0.15, -0.1) is 0 Å². The second kappa shape index (κ2) is 4.19. The maximum absolute atomic E-state index is 3.81. The van der Waals surface area contributed by atoms with Crippen molar-refractivity contribution in [1.29, 1.82) is 0 Å². The predicted molar refractivity (Wildman–Crippen MR) is 76.3 cm³/mol. The second-order valence-corrected chi connectivity index (χ2v) is 5.52. The number of nitrogens with zero attached hydrogens (tertiary/aromatic N) is 1. The number of alkyl halides is 1. The van der Waals surface area contributed by atoms with E-state index in [1.165, 1.54) is 22.5 Å². The van der Waals surface area contributed by atoms with Gasteiger partial charge in [-0.05, 0) is 29.7 Å². The lowest BCUT2D eigenvalue weighted by atomic mass is 10.0. The minimum atomic E-state index is 0.393. The first-order valence-corrected chi connectivity index (χ1v) is 6.73. The molecule has 0 radical (unpaired) electrons. The van der Waals surface area contributed by atoms with Crippen LogP contribution in [0.5, 0.6) is 0 Å². The molecular formula is C15H14BrN. The smallest absolute Gasteiger partial charge is 0.0456 e. The highest BCUT2D eigenvalue weighted by Gasteiger charge is 2.22.